The van der Waals surface area contributed by atoms with Gasteiger partial charge in [0.15, 0.2) is 0 Å². The Morgan fingerprint density at radius 1 is 1.45 bits per heavy atom. The van der Waals surface area contributed by atoms with Crippen molar-refractivity contribution < 1.29 is 0 Å². The fourth-order valence-electron chi connectivity index (χ4n) is 1.98. The summed E-state index contributed by atoms with van der Waals surface area (Å²) in [4.78, 5) is 1.01. The second kappa shape index (κ2) is 2.94. The molecule has 0 spiro atoms. The Hall–Kier alpha value is -0.370. The van der Waals surface area contributed by atoms with Gasteiger partial charge in [0.1, 0.15) is 4.99 Å². The van der Waals surface area contributed by atoms with Gasteiger partial charge in [0.25, 0.3) is 0 Å². The highest BCUT2D eigenvalue weighted by Gasteiger charge is 2.23. The predicted octanol–water partition coefficient (Wildman–Crippen LogP) is 2.03. The molecule has 1 aliphatic heterocycles. The van der Waals surface area contributed by atoms with Crippen molar-refractivity contribution in [1.82, 2.24) is 5.32 Å². The van der Waals surface area contributed by atoms with Gasteiger partial charge < -0.3 is 5.32 Å². The molecule has 1 saturated heterocycles. The number of hydrogen-bond acceptors (Lipinski definition) is 1. The van der Waals surface area contributed by atoms with Crippen molar-refractivity contribution in [1.29, 1.82) is 0 Å². The van der Waals surface area contributed by atoms with Crippen molar-refractivity contribution in [2.45, 2.75) is 25.7 Å². The molecule has 2 heteroatoms. The Balaban J connectivity index is 2.21. The number of allylic oxidation sites excluding steroid dienone is 1. The molecule has 1 heterocycles. The molecule has 11 heavy (non-hydrogen) atoms. The van der Waals surface area contributed by atoms with E-state index >= 15 is 0 Å². The summed E-state index contributed by atoms with van der Waals surface area (Å²) in [6, 6.07) is 0. The van der Waals surface area contributed by atoms with Gasteiger partial charge in [0, 0.05) is 6.54 Å². The van der Waals surface area contributed by atoms with Crippen LogP contribution < -0.4 is 5.32 Å². The highest BCUT2D eigenvalue weighted by Crippen LogP contribution is 2.29. The molecule has 0 aromatic heterocycles. The van der Waals surface area contributed by atoms with Crippen LogP contribution in [0.1, 0.15) is 25.7 Å². The van der Waals surface area contributed by atoms with E-state index in [0.29, 0.717) is 0 Å². The number of thiocarbonyl (C=S) groups is 1. The zero-order valence-corrected chi connectivity index (χ0v) is 7.41. The van der Waals surface area contributed by atoms with Crippen LogP contribution in [0.2, 0.25) is 0 Å². The van der Waals surface area contributed by atoms with Crippen molar-refractivity contribution in [2.75, 3.05) is 6.54 Å². The monoisotopic (exact) mass is 167 g/mol. The van der Waals surface area contributed by atoms with Crippen LogP contribution in [-0.4, -0.2) is 11.5 Å². The molecule has 2 rings (SSSR count). The van der Waals surface area contributed by atoms with Gasteiger partial charge in [-0.05, 0) is 37.2 Å². The summed E-state index contributed by atoms with van der Waals surface area (Å²) in [7, 11) is 0. The average molecular weight is 167 g/mol. The molecule has 60 valence electrons. The minimum Gasteiger partial charge on any atom is -0.376 e. The maximum Gasteiger partial charge on any atom is 0.102 e. The van der Waals surface area contributed by atoms with Gasteiger partial charge in [0.2, 0.25) is 0 Å². The Morgan fingerprint density at radius 2 is 2.36 bits per heavy atom. The summed E-state index contributed by atoms with van der Waals surface area (Å²) >= 11 is 5.22. The largest absolute Gasteiger partial charge is 0.376 e. The van der Waals surface area contributed by atoms with Crippen LogP contribution in [0.25, 0.3) is 0 Å². The van der Waals surface area contributed by atoms with E-state index in [1.807, 2.05) is 0 Å². The lowest BCUT2D eigenvalue weighted by Gasteiger charge is -2.30. The number of piperidine rings is 1. The first kappa shape index (κ1) is 7.29. The minimum absolute atomic E-state index is 0.789. The summed E-state index contributed by atoms with van der Waals surface area (Å²) in [5.74, 6) is 0.789. The number of hydrogen-bond donors (Lipinski definition) is 1. The molecular weight excluding hydrogens is 154 g/mol. The fourth-order valence-corrected chi connectivity index (χ4v) is 2.34. The van der Waals surface area contributed by atoms with Crippen LogP contribution in [0.4, 0.5) is 0 Å². The molecule has 0 aromatic carbocycles. The van der Waals surface area contributed by atoms with Crippen LogP contribution in [0.15, 0.2) is 11.6 Å². The Labute approximate surface area is 72.9 Å². The van der Waals surface area contributed by atoms with E-state index in [0.717, 1.165) is 17.5 Å². The van der Waals surface area contributed by atoms with Gasteiger partial charge in [-0.2, -0.15) is 0 Å². The maximum absolute atomic E-state index is 5.22. The van der Waals surface area contributed by atoms with Crippen molar-refractivity contribution in [3.63, 3.8) is 0 Å². The molecule has 0 aromatic rings. The van der Waals surface area contributed by atoms with E-state index in [9.17, 15) is 0 Å². The Morgan fingerprint density at radius 3 is 3.18 bits per heavy atom. The SMILES string of the molecule is S=C1NCCC2CCCC=C12. The maximum atomic E-state index is 5.22. The van der Waals surface area contributed by atoms with Crippen LogP contribution in [0.3, 0.4) is 0 Å². The van der Waals surface area contributed by atoms with Crippen molar-refractivity contribution in [3.05, 3.63) is 11.6 Å². The average Bonchev–Trinajstić information content (AvgIpc) is 2.06. The molecule has 1 aliphatic carbocycles. The molecule has 0 amide bonds. The van der Waals surface area contributed by atoms with Gasteiger partial charge in [0.05, 0.1) is 0 Å². The molecule has 0 radical (unpaired) electrons. The third kappa shape index (κ3) is 1.32. The number of nitrogens with one attached hydrogen (secondary N) is 1. The molecule has 0 bridgehead atoms. The lowest BCUT2D eigenvalue weighted by molar-refractivity contribution is 0.472. The first-order valence-electron chi connectivity index (χ1n) is 4.36. The van der Waals surface area contributed by atoms with Gasteiger partial charge in [-0.3, -0.25) is 0 Å². The Bertz CT molecular complexity index is 208. The zero-order chi connectivity index (χ0) is 7.68. The van der Waals surface area contributed by atoms with Crippen LogP contribution in [0, 0.1) is 5.92 Å². The fraction of sp³-hybridized carbons (Fsp3) is 0.667. The van der Waals surface area contributed by atoms with Crippen molar-refractivity contribution >= 4 is 17.2 Å². The topological polar surface area (TPSA) is 12.0 Å². The van der Waals surface area contributed by atoms with Crippen LogP contribution >= 0.6 is 12.2 Å². The van der Waals surface area contributed by atoms with E-state index in [-0.39, 0.29) is 0 Å². The van der Waals surface area contributed by atoms with Crippen LogP contribution in [0.5, 0.6) is 0 Å². The van der Waals surface area contributed by atoms with E-state index in [1.54, 1.807) is 0 Å². The summed E-state index contributed by atoms with van der Waals surface area (Å²) in [5.41, 5.74) is 1.43. The third-order valence-electron chi connectivity index (χ3n) is 2.60. The second-order valence-electron chi connectivity index (χ2n) is 3.33. The second-order valence-corrected chi connectivity index (χ2v) is 3.74. The highest BCUT2D eigenvalue weighted by molar-refractivity contribution is 7.80. The van der Waals surface area contributed by atoms with E-state index in [4.69, 9.17) is 12.2 Å². The summed E-state index contributed by atoms with van der Waals surface area (Å²) in [6.45, 7) is 1.08. The molecular formula is C9H13NS. The van der Waals surface area contributed by atoms with Crippen LogP contribution in [-0.2, 0) is 0 Å². The molecule has 1 N–H and O–H groups in total. The molecule has 1 nitrogen and oxygen atoms in total. The number of fused-ring (bicyclic) bond motifs is 1. The first-order chi connectivity index (χ1) is 5.38. The summed E-state index contributed by atoms with van der Waals surface area (Å²) in [5, 5.41) is 3.24. The molecule has 2 aliphatic rings. The predicted molar refractivity (Wildman–Crippen MR) is 50.6 cm³/mol. The van der Waals surface area contributed by atoms with E-state index < -0.39 is 0 Å². The highest BCUT2D eigenvalue weighted by atomic mass is 32.1. The zero-order valence-electron chi connectivity index (χ0n) is 6.60. The molecule has 1 unspecified atom stereocenters. The van der Waals surface area contributed by atoms with E-state index in [2.05, 4.69) is 11.4 Å². The lowest BCUT2D eigenvalue weighted by atomic mass is 9.83. The van der Waals surface area contributed by atoms with Gasteiger partial charge in [-0.1, -0.05) is 18.3 Å². The first-order valence-corrected chi connectivity index (χ1v) is 4.77. The van der Waals surface area contributed by atoms with Crippen molar-refractivity contribution in [2.24, 2.45) is 5.92 Å². The lowest BCUT2D eigenvalue weighted by Crippen LogP contribution is -2.35. The molecule has 1 fully saturated rings. The van der Waals surface area contributed by atoms with Gasteiger partial charge in [-0.25, -0.2) is 0 Å². The standard InChI is InChI=1S/C9H13NS/c11-9-8-4-2-1-3-7(8)5-6-10-9/h4,7H,1-3,5-6H2,(H,10,11). The van der Waals surface area contributed by atoms with Gasteiger partial charge in [-0.15, -0.1) is 0 Å². The Kier molecular flexibility index (Phi) is 1.95. The molecule has 1 atom stereocenters. The minimum atomic E-state index is 0.789. The third-order valence-corrected chi connectivity index (χ3v) is 2.98. The quantitative estimate of drug-likeness (QED) is 0.554. The molecule has 0 saturated carbocycles. The smallest absolute Gasteiger partial charge is 0.102 e. The van der Waals surface area contributed by atoms with E-state index in [1.165, 1.54) is 31.3 Å². The normalized spacial score (nSPS) is 30.4. The van der Waals surface area contributed by atoms with Gasteiger partial charge >= 0.3 is 0 Å². The summed E-state index contributed by atoms with van der Waals surface area (Å²) < 4.78 is 0. The van der Waals surface area contributed by atoms with Crippen molar-refractivity contribution in [3.8, 4) is 0 Å². The summed E-state index contributed by atoms with van der Waals surface area (Å²) in [6.07, 6.45) is 7.55. The number of rotatable bonds is 0.